The van der Waals surface area contributed by atoms with Crippen molar-refractivity contribution in [3.63, 3.8) is 0 Å². The summed E-state index contributed by atoms with van der Waals surface area (Å²) in [5.74, 6) is 0.764. The van der Waals surface area contributed by atoms with Crippen LogP contribution in [-0.2, 0) is 9.47 Å². The topological polar surface area (TPSA) is 21.7 Å². The van der Waals surface area contributed by atoms with Crippen molar-refractivity contribution < 1.29 is 9.47 Å². The first-order valence-electron chi connectivity index (χ1n) is 7.24. The molecule has 3 nitrogen and oxygen atoms in total. The van der Waals surface area contributed by atoms with Crippen molar-refractivity contribution in [2.45, 2.75) is 39.5 Å². The molecule has 0 spiro atoms. The molecule has 0 saturated carbocycles. The quantitative estimate of drug-likeness (QED) is 0.581. The van der Waals surface area contributed by atoms with Gasteiger partial charge < -0.3 is 9.47 Å². The van der Waals surface area contributed by atoms with Crippen LogP contribution in [-0.4, -0.2) is 51.0 Å². The van der Waals surface area contributed by atoms with Gasteiger partial charge in [0, 0.05) is 26.2 Å². The SMILES string of the molecule is CCCC[C@H](CC)COCCN1CCOCC1. The fraction of sp³-hybridized carbons (Fsp3) is 1.00. The van der Waals surface area contributed by atoms with Gasteiger partial charge in [-0.15, -0.1) is 0 Å². The lowest BCUT2D eigenvalue weighted by atomic mass is 10.0. The number of hydrogen-bond donors (Lipinski definition) is 0. The molecule has 1 aliphatic rings. The molecule has 0 aromatic rings. The van der Waals surface area contributed by atoms with Gasteiger partial charge in [0.15, 0.2) is 0 Å². The molecule has 0 aliphatic carbocycles. The summed E-state index contributed by atoms with van der Waals surface area (Å²) in [7, 11) is 0. The van der Waals surface area contributed by atoms with E-state index in [9.17, 15) is 0 Å². The Morgan fingerprint density at radius 1 is 1.24 bits per heavy atom. The molecule has 0 N–H and O–H groups in total. The van der Waals surface area contributed by atoms with E-state index in [1.165, 1.54) is 25.7 Å². The first kappa shape index (κ1) is 14.9. The molecule has 0 unspecified atom stereocenters. The van der Waals surface area contributed by atoms with Crippen LogP contribution in [0.4, 0.5) is 0 Å². The second kappa shape index (κ2) is 9.86. The minimum Gasteiger partial charge on any atom is -0.380 e. The van der Waals surface area contributed by atoms with E-state index < -0.39 is 0 Å². The van der Waals surface area contributed by atoms with Crippen molar-refractivity contribution in [1.82, 2.24) is 4.90 Å². The molecule has 1 atom stereocenters. The third-order valence-electron chi connectivity index (χ3n) is 3.55. The van der Waals surface area contributed by atoms with Crippen molar-refractivity contribution in [2.75, 3.05) is 46.1 Å². The highest BCUT2D eigenvalue weighted by atomic mass is 16.5. The Morgan fingerprint density at radius 3 is 2.65 bits per heavy atom. The van der Waals surface area contributed by atoms with Crippen LogP contribution in [0, 0.1) is 5.92 Å². The van der Waals surface area contributed by atoms with E-state index in [1.54, 1.807) is 0 Å². The molecule has 1 aliphatic heterocycles. The van der Waals surface area contributed by atoms with Crippen molar-refractivity contribution in [3.05, 3.63) is 0 Å². The summed E-state index contributed by atoms with van der Waals surface area (Å²) in [6.07, 6.45) is 5.21. The maximum absolute atomic E-state index is 5.80. The average molecular weight is 243 g/mol. The van der Waals surface area contributed by atoms with Gasteiger partial charge in [-0.1, -0.05) is 33.1 Å². The maximum atomic E-state index is 5.80. The van der Waals surface area contributed by atoms with E-state index >= 15 is 0 Å². The minimum absolute atomic E-state index is 0.764. The highest BCUT2D eigenvalue weighted by Gasteiger charge is 2.10. The first-order valence-corrected chi connectivity index (χ1v) is 7.24. The molecule has 102 valence electrons. The smallest absolute Gasteiger partial charge is 0.0594 e. The Kier molecular flexibility index (Phi) is 8.67. The number of rotatable bonds is 9. The van der Waals surface area contributed by atoms with Crippen LogP contribution in [0.2, 0.25) is 0 Å². The van der Waals surface area contributed by atoms with Crippen LogP contribution in [0.25, 0.3) is 0 Å². The van der Waals surface area contributed by atoms with Gasteiger partial charge >= 0.3 is 0 Å². The van der Waals surface area contributed by atoms with Gasteiger partial charge in [0.2, 0.25) is 0 Å². The molecular weight excluding hydrogens is 214 g/mol. The molecule has 1 rings (SSSR count). The van der Waals surface area contributed by atoms with Gasteiger partial charge in [0.05, 0.1) is 19.8 Å². The summed E-state index contributed by atoms with van der Waals surface area (Å²) in [5, 5.41) is 0. The highest BCUT2D eigenvalue weighted by Crippen LogP contribution is 2.12. The first-order chi connectivity index (χ1) is 8.36. The Balaban J connectivity index is 1.97. The molecule has 0 bridgehead atoms. The Morgan fingerprint density at radius 2 is 2.00 bits per heavy atom. The molecule has 0 aromatic carbocycles. The van der Waals surface area contributed by atoms with Crippen LogP contribution in [0.15, 0.2) is 0 Å². The fourth-order valence-corrected chi connectivity index (χ4v) is 2.17. The van der Waals surface area contributed by atoms with Crippen LogP contribution in [0.3, 0.4) is 0 Å². The maximum Gasteiger partial charge on any atom is 0.0594 e. The summed E-state index contributed by atoms with van der Waals surface area (Å²) in [6, 6.07) is 0. The fourth-order valence-electron chi connectivity index (χ4n) is 2.17. The summed E-state index contributed by atoms with van der Waals surface area (Å²) in [4.78, 5) is 2.43. The molecule has 17 heavy (non-hydrogen) atoms. The number of nitrogens with zero attached hydrogens (tertiary/aromatic N) is 1. The molecule has 1 fully saturated rings. The van der Waals surface area contributed by atoms with Gasteiger partial charge in [-0.25, -0.2) is 0 Å². The molecule has 1 saturated heterocycles. The van der Waals surface area contributed by atoms with Crippen LogP contribution >= 0.6 is 0 Å². The van der Waals surface area contributed by atoms with E-state index in [-0.39, 0.29) is 0 Å². The van der Waals surface area contributed by atoms with Gasteiger partial charge in [-0.2, -0.15) is 0 Å². The Hall–Kier alpha value is -0.120. The van der Waals surface area contributed by atoms with Gasteiger partial charge in [0.25, 0.3) is 0 Å². The van der Waals surface area contributed by atoms with Gasteiger partial charge in [-0.3, -0.25) is 4.90 Å². The summed E-state index contributed by atoms with van der Waals surface area (Å²) >= 11 is 0. The van der Waals surface area contributed by atoms with Crippen molar-refractivity contribution in [3.8, 4) is 0 Å². The Labute approximate surface area is 106 Å². The predicted molar refractivity (Wildman–Crippen MR) is 71.4 cm³/mol. The lowest BCUT2D eigenvalue weighted by Gasteiger charge is -2.26. The molecule has 1 heterocycles. The minimum atomic E-state index is 0.764. The zero-order valence-electron chi connectivity index (χ0n) is 11.6. The van der Waals surface area contributed by atoms with Crippen molar-refractivity contribution in [1.29, 1.82) is 0 Å². The lowest BCUT2D eigenvalue weighted by molar-refractivity contribution is 0.0150. The van der Waals surface area contributed by atoms with Crippen molar-refractivity contribution in [2.24, 2.45) is 5.92 Å². The van der Waals surface area contributed by atoms with Crippen LogP contribution in [0.1, 0.15) is 39.5 Å². The highest BCUT2D eigenvalue weighted by molar-refractivity contribution is 4.61. The average Bonchev–Trinajstić information content (AvgIpc) is 2.39. The van der Waals surface area contributed by atoms with Gasteiger partial charge in [-0.05, 0) is 12.3 Å². The normalized spacial score (nSPS) is 19.4. The van der Waals surface area contributed by atoms with E-state index in [0.717, 1.165) is 52.0 Å². The zero-order valence-corrected chi connectivity index (χ0v) is 11.6. The number of ether oxygens (including phenoxy) is 2. The van der Waals surface area contributed by atoms with E-state index in [0.29, 0.717) is 0 Å². The predicted octanol–water partition coefficient (Wildman–Crippen LogP) is 2.55. The van der Waals surface area contributed by atoms with E-state index in [1.807, 2.05) is 0 Å². The van der Waals surface area contributed by atoms with Crippen molar-refractivity contribution >= 4 is 0 Å². The largest absolute Gasteiger partial charge is 0.380 e. The van der Waals surface area contributed by atoms with E-state index in [4.69, 9.17) is 9.47 Å². The molecule has 0 radical (unpaired) electrons. The summed E-state index contributed by atoms with van der Waals surface area (Å²) in [5.41, 5.74) is 0. The molecule has 0 aromatic heterocycles. The molecular formula is C14H29NO2. The van der Waals surface area contributed by atoms with Crippen LogP contribution < -0.4 is 0 Å². The summed E-state index contributed by atoms with van der Waals surface area (Å²) in [6.45, 7) is 11.3. The summed E-state index contributed by atoms with van der Waals surface area (Å²) < 4.78 is 11.1. The monoisotopic (exact) mass is 243 g/mol. The number of morpholine rings is 1. The Bertz CT molecular complexity index is 170. The number of unbranched alkanes of at least 4 members (excludes halogenated alkanes) is 1. The zero-order chi connectivity index (χ0) is 12.3. The second-order valence-corrected chi connectivity index (χ2v) is 4.95. The van der Waals surface area contributed by atoms with E-state index in [2.05, 4.69) is 18.7 Å². The second-order valence-electron chi connectivity index (χ2n) is 4.95. The van der Waals surface area contributed by atoms with Gasteiger partial charge in [0.1, 0.15) is 0 Å². The molecule has 3 heteroatoms. The molecule has 0 amide bonds. The number of hydrogen-bond acceptors (Lipinski definition) is 3. The lowest BCUT2D eigenvalue weighted by Crippen LogP contribution is -2.38. The standard InChI is InChI=1S/C14H29NO2/c1-3-5-6-14(4-2)13-17-12-9-15-7-10-16-11-8-15/h14H,3-13H2,1-2H3/t14-/m0/s1. The third-order valence-corrected chi connectivity index (χ3v) is 3.55. The van der Waals surface area contributed by atoms with Crippen LogP contribution in [0.5, 0.6) is 0 Å². The third kappa shape index (κ3) is 7.02.